The zero-order valence-corrected chi connectivity index (χ0v) is 16.3. The maximum absolute atomic E-state index is 14.6. The summed E-state index contributed by atoms with van der Waals surface area (Å²) in [7, 11) is 3.70. The first-order chi connectivity index (χ1) is 13.5. The van der Waals surface area contributed by atoms with Crippen LogP contribution in [0.25, 0.3) is 10.9 Å². The molecule has 1 saturated heterocycles. The fourth-order valence-corrected chi connectivity index (χ4v) is 5.47. The van der Waals surface area contributed by atoms with Gasteiger partial charge in [-0.3, -0.25) is 0 Å². The van der Waals surface area contributed by atoms with Gasteiger partial charge in [0.05, 0.1) is 12.7 Å². The standard InChI is InChI=1S/C23H25FN2O2/c1-26-10-9-22(15-5-3-6-16(11-15)28-2)13-20-17(12-23(22,27)14-26)21-18(24)7-4-8-19(21)25-20/h3-8,11,25,27H,9-10,12-14H2,1-2H3/t22-,23-/m0/s1. The summed E-state index contributed by atoms with van der Waals surface area (Å²) in [4.78, 5) is 5.62. The SMILES string of the molecule is COc1cccc([C@@]23CCN(C)C[C@@]2(O)Cc2c([nH]c4cccc(F)c24)C3)c1. The van der Waals surface area contributed by atoms with E-state index >= 15 is 0 Å². The van der Waals surface area contributed by atoms with Gasteiger partial charge in [-0.2, -0.15) is 0 Å². The second-order valence-electron chi connectivity index (χ2n) is 8.43. The van der Waals surface area contributed by atoms with E-state index in [1.54, 1.807) is 13.2 Å². The number of hydrogen-bond donors (Lipinski definition) is 2. The van der Waals surface area contributed by atoms with E-state index in [4.69, 9.17) is 4.74 Å². The molecular formula is C23H25FN2O2. The van der Waals surface area contributed by atoms with Gasteiger partial charge >= 0.3 is 0 Å². The first kappa shape index (κ1) is 17.7. The Labute approximate surface area is 163 Å². The van der Waals surface area contributed by atoms with Crippen LogP contribution < -0.4 is 4.74 Å². The number of piperidine rings is 1. The predicted octanol–water partition coefficient (Wildman–Crippen LogP) is 3.42. The minimum atomic E-state index is -0.975. The largest absolute Gasteiger partial charge is 0.497 e. The number of fused-ring (bicyclic) bond motifs is 4. The predicted molar refractivity (Wildman–Crippen MR) is 107 cm³/mol. The van der Waals surface area contributed by atoms with E-state index in [2.05, 4.69) is 16.0 Å². The fraction of sp³-hybridized carbons (Fsp3) is 0.391. The van der Waals surface area contributed by atoms with Crippen LogP contribution in [0.3, 0.4) is 0 Å². The Morgan fingerprint density at radius 3 is 2.82 bits per heavy atom. The van der Waals surface area contributed by atoms with Crippen molar-refractivity contribution in [1.82, 2.24) is 9.88 Å². The number of aromatic nitrogens is 1. The Morgan fingerprint density at radius 2 is 2.00 bits per heavy atom. The molecule has 0 bridgehead atoms. The molecule has 3 aromatic rings. The number of nitrogens with one attached hydrogen (secondary N) is 1. The Balaban J connectivity index is 1.73. The summed E-state index contributed by atoms with van der Waals surface area (Å²) in [6.45, 7) is 1.47. The van der Waals surface area contributed by atoms with Crippen LogP contribution >= 0.6 is 0 Å². The van der Waals surface area contributed by atoms with Crippen molar-refractivity contribution in [2.75, 3.05) is 27.2 Å². The van der Waals surface area contributed by atoms with E-state index < -0.39 is 11.0 Å². The summed E-state index contributed by atoms with van der Waals surface area (Å²) in [6, 6.07) is 13.2. The molecule has 1 aliphatic carbocycles. The van der Waals surface area contributed by atoms with Crippen LogP contribution in [-0.2, 0) is 18.3 Å². The van der Waals surface area contributed by atoms with E-state index in [-0.39, 0.29) is 5.82 Å². The van der Waals surface area contributed by atoms with Crippen LogP contribution in [0.15, 0.2) is 42.5 Å². The van der Waals surface area contributed by atoms with Crippen molar-refractivity contribution >= 4 is 10.9 Å². The van der Waals surface area contributed by atoms with Crippen LogP contribution in [0.2, 0.25) is 0 Å². The molecule has 0 saturated carbocycles. The summed E-state index contributed by atoms with van der Waals surface area (Å²) < 4.78 is 20.1. The number of methoxy groups -OCH3 is 1. The van der Waals surface area contributed by atoms with Crippen LogP contribution in [0, 0.1) is 5.82 Å². The van der Waals surface area contributed by atoms with Gasteiger partial charge < -0.3 is 19.7 Å². The average Bonchev–Trinajstić information content (AvgIpc) is 3.03. The monoisotopic (exact) mass is 380 g/mol. The molecule has 2 heterocycles. The smallest absolute Gasteiger partial charge is 0.132 e. The van der Waals surface area contributed by atoms with Crippen LogP contribution in [0.5, 0.6) is 5.75 Å². The van der Waals surface area contributed by atoms with Crippen LogP contribution in [0.1, 0.15) is 23.2 Å². The lowest BCUT2D eigenvalue weighted by molar-refractivity contribution is -0.0972. The molecule has 1 fully saturated rings. The number of aliphatic hydroxyl groups is 1. The van der Waals surface area contributed by atoms with Gasteiger partial charge in [0.1, 0.15) is 11.6 Å². The summed E-state index contributed by atoms with van der Waals surface area (Å²) in [6.07, 6.45) is 1.93. The molecule has 2 aliphatic rings. The molecule has 4 nitrogen and oxygen atoms in total. The Bertz CT molecular complexity index is 1060. The summed E-state index contributed by atoms with van der Waals surface area (Å²) in [5.74, 6) is 0.568. The van der Waals surface area contributed by atoms with E-state index in [0.717, 1.165) is 41.1 Å². The lowest BCUT2D eigenvalue weighted by Crippen LogP contribution is -2.65. The molecule has 2 atom stereocenters. The van der Waals surface area contributed by atoms with Crippen molar-refractivity contribution in [3.05, 3.63) is 65.1 Å². The normalized spacial score (nSPS) is 27.4. The molecule has 5 rings (SSSR count). The number of nitrogens with zero attached hydrogens (tertiary/aromatic N) is 1. The molecule has 0 unspecified atom stereocenters. The van der Waals surface area contributed by atoms with Crippen molar-refractivity contribution in [3.63, 3.8) is 0 Å². The number of likely N-dealkylation sites (N-methyl/N-ethyl adjacent to an activating group) is 1. The number of likely N-dealkylation sites (tertiary alicyclic amines) is 1. The lowest BCUT2D eigenvalue weighted by Gasteiger charge is -2.55. The number of ether oxygens (including phenoxy) is 1. The molecule has 2 aromatic carbocycles. The van der Waals surface area contributed by atoms with Gasteiger partial charge in [0.2, 0.25) is 0 Å². The summed E-state index contributed by atoms with van der Waals surface area (Å²) in [5.41, 5.74) is 2.45. The number of aromatic amines is 1. The quantitative estimate of drug-likeness (QED) is 0.716. The number of halogens is 1. The molecule has 2 N–H and O–H groups in total. The van der Waals surface area contributed by atoms with Gasteiger partial charge in [-0.15, -0.1) is 0 Å². The highest BCUT2D eigenvalue weighted by atomic mass is 19.1. The molecule has 146 valence electrons. The fourth-order valence-electron chi connectivity index (χ4n) is 5.47. The second kappa shape index (κ2) is 6.06. The summed E-state index contributed by atoms with van der Waals surface area (Å²) in [5, 5.41) is 12.6. The third-order valence-electron chi connectivity index (χ3n) is 6.88. The Morgan fingerprint density at radius 1 is 1.18 bits per heavy atom. The maximum Gasteiger partial charge on any atom is 0.132 e. The maximum atomic E-state index is 14.6. The summed E-state index contributed by atoms with van der Waals surface area (Å²) >= 11 is 0. The van der Waals surface area contributed by atoms with E-state index in [0.29, 0.717) is 24.8 Å². The number of rotatable bonds is 2. The number of β-amino-alcohol motifs (C(OH)–C–C–N with tert-alkyl or cyclic N) is 1. The number of hydrogen-bond acceptors (Lipinski definition) is 3. The van der Waals surface area contributed by atoms with Crippen molar-refractivity contribution in [3.8, 4) is 5.75 Å². The highest BCUT2D eigenvalue weighted by molar-refractivity contribution is 5.86. The topological polar surface area (TPSA) is 48.5 Å². The minimum absolute atomic E-state index is 0.225. The van der Waals surface area contributed by atoms with Gasteiger partial charge in [0.15, 0.2) is 0 Å². The Hall–Kier alpha value is -2.37. The van der Waals surface area contributed by atoms with E-state index in [1.807, 2.05) is 31.3 Å². The molecule has 1 aliphatic heterocycles. The molecule has 28 heavy (non-hydrogen) atoms. The highest BCUT2D eigenvalue weighted by Crippen LogP contribution is 2.51. The van der Waals surface area contributed by atoms with Gasteiger partial charge in [0.25, 0.3) is 0 Å². The van der Waals surface area contributed by atoms with Gasteiger partial charge in [-0.25, -0.2) is 4.39 Å². The van der Waals surface area contributed by atoms with Crippen LogP contribution in [-0.4, -0.2) is 47.8 Å². The van der Waals surface area contributed by atoms with Gasteiger partial charge in [-0.1, -0.05) is 18.2 Å². The molecule has 0 spiro atoms. The highest BCUT2D eigenvalue weighted by Gasteiger charge is 2.57. The average molecular weight is 380 g/mol. The third-order valence-corrected chi connectivity index (χ3v) is 6.88. The Kier molecular flexibility index (Phi) is 3.83. The van der Waals surface area contributed by atoms with Gasteiger partial charge in [0, 0.05) is 41.4 Å². The van der Waals surface area contributed by atoms with Crippen molar-refractivity contribution in [2.24, 2.45) is 0 Å². The third kappa shape index (κ3) is 2.36. The molecule has 1 aromatic heterocycles. The zero-order valence-electron chi connectivity index (χ0n) is 16.3. The van der Waals surface area contributed by atoms with Gasteiger partial charge in [-0.05, 0) is 55.4 Å². The number of benzene rings is 2. The molecule has 0 amide bonds. The van der Waals surface area contributed by atoms with E-state index in [9.17, 15) is 9.50 Å². The van der Waals surface area contributed by atoms with Crippen molar-refractivity contribution < 1.29 is 14.2 Å². The molecule has 5 heteroatoms. The van der Waals surface area contributed by atoms with Crippen molar-refractivity contribution in [2.45, 2.75) is 30.3 Å². The molecule has 0 radical (unpaired) electrons. The number of H-pyrrole nitrogens is 1. The first-order valence-corrected chi connectivity index (χ1v) is 9.79. The second-order valence-corrected chi connectivity index (χ2v) is 8.43. The minimum Gasteiger partial charge on any atom is -0.497 e. The lowest BCUT2D eigenvalue weighted by atomic mass is 9.56. The molecular weight excluding hydrogens is 355 g/mol. The van der Waals surface area contributed by atoms with E-state index in [1.165, 1.54) is 6.07 Å². The first-order valence-electron chi connectivity index (χ1n) is 9.79. The zero-order chi connectivity index (χ0) is 19.5. The van der Waals surface area contributed by atoms with Crippen molar-refractivity contribution in [1.29, 1.82) is 0 Å². The van der Waals surface area contributed by atoms with Crippen LogP contribution in [0.4, 0.5) is 4.39 Å².